The van der Waals surface area contributed by atoms with Crippen molar-refractivity contribution in [3.05, 3.63) is 53.7 Å². The van der Waals surface area contributed by atoms with Crippen LogP contribution in [0.25, 0.3) is 0 Å². The van der Waals surface area contributed by atoms with E-state index in [1.165, 1.54) is 11.1 Å². The van der Waals surface area contributed by atoms with Gasteiger partial charge in [-0.3, -0.25) is 0 Å². The number of hydrogen-bond donors (Lipinski definition) is 1. The second-order valence-corrected chi connectivity index (χ2v) is 4.76. The molecule has 0 aliphatic rings. The van der Waals surface area contributed by atoms with E-state index in [-0.39, 0.29) is 0 Å². The van der Waals surface area contributed by atoms with Crippen LogP contribution >= 0.6 is 0 Å². The maximum atomic E-state index is 5.24. The van der Waals surface area contributed by atoms with Crippen molar-refractivity contribution in [2.24, 2.45) is 0 Å². The Bertz CT molecular complexity index is 540. The minimum absolute atomic E-state index is 0.801. The van der Waals surface area contributed by atoms with Gasteiger partial charge in [-0.05, 0) is 36.4 Å². The smallest absolute Gasteiger partial charge is 0.128 e. The highest BCUT2D eigenvalue weighted by Gasteiger charge is 2.04. The van der Waals surface area contributed by atoms with Gasteiger partial charge in [0.05, 0.1) is 7.11 Å². The molecule has 0 saturated heterocycles. The van der Waals surface area contributed by atoms with E-state index in [1.807, 2.05) is 44.6 Å². The van der Waals surface area contributed by atoms with Crippen LogP contribution in [0.5, 0.6) is 5.75 Å². The van der Waals surface area contributed by atoms with E-state index in [2.05, 4.69) is 27.3 Å². The molecule has 1 N–H and O–H groups in total. The number of nitrogens with zero attached hydrogens (tertiary/aromatic N) is 2. The zero-order chi connectivity index (χ0) is 14.4. The van der Waals surface area contributed by atoms with Crippen LogP contribution in [0.15, 0.2) is 42.6 Å². The van der Waals surface area contributed by atoms with Crippen molar-refractivity contribution >= 4 is 5.82 Å². The van der Waals surface area contributed by atoms with Gasteiger partial charge in [0, 0.05) is 26.3 Å². The number of rotatable bonds is 6. The molecule has 0 fully saturated rings. The summed E-state index contributed by atoms with van der Waals surface area (Å²) in [5, 5.41) is 3.12. The van der Waals surface area contributed by atoms with Crippen LogP contribution < -0.4 is 15.0 Å². The number of benzene rings is 1. The standard InChI is InChI=1S/C16H21N3O/c1-17-10-14-7-8-16(18-11-14)19(2)12-13-5-4-6-15(9-13)20-3/h4-9,11,17H,10,12H2,1-3H3. The van der Waals surface area contributed by atoms with E-state index in [1.54, 1.807) is 7.11 Å². The Labute approximate surface area is 120 Å². The van der Waals surface area contributed by atoms with E-state index in [0.29, 0.717) is 0 Å². The Morgan fingerprint density at radius 2 is 2.05 bits per heavy atom. The number of aromatic nitrogens is 1. The lowest BCUT2D eigenvalue weighted by molar-refractivity contribution is 0.414. The molecule has 0 aliphatic heterocycles. The van der Waals surface area contributed by atoms with Crippen molar-refractivity contribution in [2.45, 2.75) is 13.1 Å². The third kappa shape index (κ3) is 3.71. The van der Waals surface area contributed by atoms with Crippen molar-refractivity contribution in [2.75, 3.05) is 26.1 Å². The summed E-state index contributed by atoms with van der Waals surface area (Å²) in [6.07, 6.45) is 1.91. The second-order valence-electron chi connectivity index (χ2n) is 4.76. The Balaban J connectivity index is 2.05. The Morgan fingerprint density at radius 1 is 1.20 bits per heavy atom. The largest absolute Gasteiger partial charge is 0.497 e. The van der Waals surface area contributed by atoms with Gasteiger partial charge in [-0.1, -0.05) is 18.2 Å². The summed E-state index contributed by atoms with van der Waals surface area (Å²) in [4.78, 5) is 6.61. The summed E-state index contributed by atoms with van der Waals surface area (Å²) in [6.45, 7) is 1.64. The molecule has 1 aromatic heterocycles. The quantitative estimate of drug-likeness (QED) is 0.875. The fraction of sp³-hybridized carbons (Fsp3) is 0.312. The van der Waals surface area contributed by atoms with E-state index < -0.39 is 0 Å². The molecule has 106 valence electrons. The monoisotopic (exact) mass is 271 g/mol. The van der Waals surface area contributed by atoms with Crippen LogP contribution in [0.2, 0.25) is 0 Å². The molecule has 0 atom stereocenters. The third-order valence-corrected chi connectivity index (χ3v) is 3.14. The summed E-state index contributed by atoms with van der Waals surface area (Å²) < 4.78 is 5.24. The molecule has 4 heteroatoms. The molecule has 0 amide bonds. The molecule has 0 unspecified atom stereocenters. The highest BCUT2D eigenvalue weighted by molar-refractivity contribution is 5.40. The fourth-order valence-corrected chi connectivity index (χ4v) is 2.08. The highest BCUT2D eigenvalue weighted by Crippen LogP contribution is 2.17. The van der Waals surface area contributed by atoms with Crippen molar-refractivity contribution in [1.29, 1.82) is 0 Å². The second kappa shape index (κ2) is 6.91. The molecule has 1 heterocycles. The molecular formula is C16H21N3O. The lowest BCUT2D eigenvalue weighted by Gasteiger charge is -2.18. The molecule has 0 aliphatic carbocycles. The van der Waals surface area contributed by atoms with Gasteiger partial charge in [-0.2, -0.15) is 0 Å². The van der Waals surface area contributed by atoms with Crippen molar-refractivity contribution in [1.82, 2.24) is 10.3 Å². The normalized spacial score (nSPS) is 10.3. The fourth-order valence-electron chi connectivity index (χ4n) is 2.08. The molecule has 0 spiro atoms. The minimum Gasteiger partial charge on any atom is -0.497 e. The first-order chi connectivity index (χ1) is 9.72. The van der Waals surface area contributed by atoms with Crippen LogP contribution in [0, 0.1) is 0 Å². The van der Waals surface area contributed by atoms with Crippen LogP contribution in [0.1, 0.15) is 11.1 Å². The molecule has 0 radical (unpaired) electrons. The lowest BCUT2D eigenvalue weighted by Crippen LogP contribution is -2.17. The van der Waals surface area contributed by atoms with Crippen molar-refractivity contribution < 1.29 is 4.74 Å². The van der Waals surface area contributed by atoms with Crippen molar-refractivity contribution in [3.8, 4) is 5.75 Å². The van der Waals surface area contributed by atoms with Crippen LogP contribution in [0.4, 0.5) is 5.82 Å². The number of ether oxygens (including phenoxy) is 1. The predicted octanol–water partition coefficient (Wildman–Crippen LogP) is 2.45. The van der Waals surface area contributed by atoms with Gasteiger partial charge in [-0.15, -0.1) is 0 Å². The average molecular weight is 271 g/mol. The Hall–Kier alpha value is -2.07. The average Bonchev–Trinajstić information content (AvgIpc) is 2.48. The van der Waals surface area contributed by atoms with Gasteiger partial charge < -0.3 is 15.0 Å². The van der Waals surface area contributed by atoms with E-state index in [4.69, 9.17) is 4.74 Å². The predicted molar refractivity (Wildman–Crippen MR) is 82.1 cm³/mol. The number of hydrogen-bond acceptors (Lipinski definition) is 4. The maximum absolute atomic E-state index is 5.24. The molecular weight excluding hydrogens is 250 g/mol. The van der Waals surface area contributed by atoms with Gasteiger partial charge >= 0.3 is 0 Å². The van der Waals surface area contributed by atoms with Crippen molar-refractivity contribution in [3.63, 3.8) is 0 Å². The topological polar surface area (TPSA) is 37.4 Å². The highest BCUT2D eigenvalue weighted by atomic mass is 16.5. The lowest BCUT2D eigenvalue weighted by atomic mass is 10.2. The van der Waals surface area contributed by atoms with Gasteiger partial charge in [-0.25, -0.2) is 4.98 Å². The van der Waals surface area contributed by atoms with Crippen LogP contribution in [0.3, 0.4) is 0 Å². The van der Waals surface area contributed by atoms with E-state index >= 15 is 0 Å². The zero-order valence-corrected chi connectivity index (χ0v) is 12.3. The molecule has 20 heavy (non-hydrogen) atoms. The molecule has 4 nitrogen and oxygen atoms in total. The summed E-state index contributed by atoms with van der Waals surface area (Å²) in [5.74, 6) is 1.85. The van der Waals surface area contributed by atoms with E-state index in [9.17, 15) is 0 Å². The summed E-state index contributed by atoms with van der Waals surface area (Å²) in [7, 11) is 5.66. The zero-order valence-electron chi connectivity index (χ0n) is 12.3. The SMILES string of the molecule is CNCc1ccc(N(C)Cc2cccc(OC)c2)nc1. The first-order valence-electron chi connectivity index (χ1n) is 6.66. The number of nitrogens with one attached hydrogen (secondary N) is 1. The molecule has 2 aromatic rings. The van der Waals surface area contributed by atoms with Gasteiger partial charge in [0.15, 0.2) is 0 Å². The van der Waals surface area contributed by atoms with Gasteiger partial charge in [0.2, 0.25) is 0 Å². The summed E-state index contributed by atoms with van der Waals surface area (Å²) in [6, 6.07) is 12.2. The molecule has 0 bridgehead atoms. The first kappa shape index (κ1) is 14.3. The number of anilines is 1. The maximum Gasteiger partial charge on any atom is 0.128 e. The number of pyridine rings is 1. The molecule has 1 aromatic carbocycles. The van der Waals surface area contributed by atoms with Crippen LogP contribution in [-0.4, -0.2) is 26.2 Å². The first-order valence-corrected chi connectivity index (χ1v) is 6.66. The third-order valence-electron chi connectivity index (χ3n) is 3.14. The molecule has 2 rings (SSSR count). The minimum atomic E-state index is 0.801. The van der Waals surface area contributed by atoms with Gasteiger partial charge in [0.1, 0.15) is 11.6 Å². The van der Waals surface area contributed by atoms with Gasteiger partial charge in [0.25, 0.3) is 0 Å². The van der Waals surface area contributed by atoms with E-state index in [0.717, 1.165) is 24.7 Å². The summed E-state index contributed by atoms with van der Waals surface area (Å²) >= 11 is 0. The summed E-state index contributed by atoms with van der Waals surface area (Å²) in [5.41, 5.74) is 2.39. The number of methoxy groups -OCH3 is 1. The molecule has 0 saturated carbocycles. The Morgan fingerprint density at radius 3 is 2.70 bits per heavy atom. The Kier molecular flexibility index (Phi) is 4.96. The van der Waals surface area contributed by atoms with Crippen LogP contribution in [-0.2, 0) is 13.1 Å².